The molecule has 2 heterocycles. The van der Waals surface area contributed by atoms with Gasteiger partial charge in [0.05, 0.1) is 0 Å². The molecule has 0 saturated heterocycles. The molecule has 0 radical (unpaired) electrons. The maximum absolute atomic E-state index is 12.0. The van der Waals surface area contributed by atoms with E-state index in [2.05, 4.69) is 20.6 Å². The Morgan fingerprint density at radius 1 is 0.833 bits per heavy atom. The summed E-state index contributed by atoms with van der Waals surface area (Å²) in [5.74, 6) is 0.131. The number of hydrogen-bond acceptors (Lipinski definition) is 9. The molecule has 120 valence electrons. The molecule has 0 spiro atoms. The Balaban J connectivity index is 1.62. The summed E-state index contributed by atoms with van der Waals surface area (Å²) in [6.07, 6.45) is -1.05. The fraction of sp³-hybridized carbons (Fsp3) is 0. The standard InChI is InChI=1S/C13H8N6O5/c20-13(23-9-5-1-3-7-11(9)14-16-18(7)21)24-10-6-2-4-8-12(10)15-17-19(8)22/h1-6,21-22H. The molecule has 0 aliphatic rings. The first-order valence-corrected chi connectivity index (χ1v) is 6.60. The molecule has 11 nitrogen and oxygen atoms in total. The van der Waals surface area contributed by atoms with E-state index >= 15 is 0 Å². The van der Waals surface area contributed by atoms with Crippen molar-refractivity contribution in [3.8, 4) is 11.5 Å². The quantitative estimate of drug-likeness (QED) is 0.316. The van der Waals surface area contributed by atoms with Crippen molar-refractivity contribution in [2.45, 2.75) is 0 Å². The van der Waals surface area contributed by atoms with E-state index in [1.54, 1.807) is 24.3 Å². The van der Waals surface area contributed by atoms with Gasteiger partial charge in [-0.25, -0.2) is 4.79 Å². The molecule has 2 aromatic carbocycles. The first-order valence-electron chi connectivity index (χ1n) is 6.60. The van der Waals surface area contributed by atoms with Gasteiger partial charge in [-0.2, -0.15) is 0 Å². The monoisotopic (exact) mass is 328 g/mol. The SMILES string of the molecule is O=C(Oc1cccc2c1nnn2O)Oc1cccc2c1nnn2O. The highest BCUT2D eigenvalue weighted by molar-refractivity contribution is 5.85. The van der Waals surface area contributed by atoms with Crippen LogP contribution in [0.5, 0.6) is 11.5 Å². The Bertz CT molecular complexity index is 987. The van der Waals surface area contributed by atoms with Crippen molar-refractivity contribution >= 4 is 28.2 Å². The average molecular weight is 328 g/mol. The van der Waals surface area contributed by atoms with E-state index in [1.165, 1.54) is 12.1 Å². The minimum Gasteiger partial charge on any atom is -0.410 e. The smallest absolute Gasteiger partial charge is 0.410 e. The van der Waals surface area contributed by atoms with Crippen molar-refractivity contribution in [1.82, 2.24) is 30.3 Å². The van der Waals surface area contributed by atoms with Crippen LogP contribution in [0.4, 0.5) is 4.79 Å². The van der Waals surface area contributed by atoms with Crippen molar-refractivity contribution in [2.75, 3.05) is 0 Å². The predicted molar refractivity (Wildman–Crippen MR) is 76.1 cm³/mol. The molecule has 11 heteroatoms. The number of aromatic nitrogens is 6. The van der Waals surface area contributed by atoms with Crippen LogP contribution in [0.15, 0.2) is 36.4 Å². The Morgan fingerprint density at radius 3 is 1.75 bits per heavy atom. The predicted octanol–water partition coefficient (Wildman–Crippen LogP) is 1.23. The largest absolute Gasteiger partial charge is 0.519 e. The van der Waals surface area contributed by atoms with Gasteiger partial charge in [0.25, 0.3) is 0 Å². The van der Waals surface area contributed by atoms with Gasteiger partial charge in [0.15, 0.2) is 22.5 Å². The highest BCUT2D eigenvalue weighted by Crippen LogP contribution is 2.25. The highest BCUT2D eigenvalue weighted by atomic mass is 16.7. The zero-order chi connectivity index (χ0) is 16.7. The summed E-state index contributed by atoms with van der Waals surface area (Å²) >= 11 is 0. The van der Waals surface area contributed by atoms with Gasteiger partial charge in [-0.3, -0.25) is 0 Å². The topological polar surface area (TPSA) is 137 Å². The van der Waals surface area contributed by atoms with E-state index in [0.29, 0.717) is 9.69 Å². The summed E-state index contributed by atoms with van der Waals surface area (Å²) in [5.41, 5.74) is 0.921. The Morgan fingerprint density at radius 2 is 1.29 bits per heavy atom. The van der Waals surface area contributed by atoms with E-state index in [-0.39, 0.29) is 33.6 Å². The summed E-state index contributed by atoms with van der Waals surface area (Å²) < 4.78 is 10.2. The third kappa shape index (κ3) is 2.11. The van der Waals surface area contributed by atoms with E-state index in [0.717, 1.165) is 0 Å². The summed E-state index contributed by atoms with van der Waals surface area (Å²) in [4.78, 5) is 13.1. The molecule has 24 heavy (non-hydrogen) atoms. The van der Waals surface area contributed by atoms with Gasteiger partial charge in [-0.05, 0) is 34.7 Å². The van der Waals surface area contributed by atoms with Crippen LogP contribution in [0.3, 0.4) is 0 Å². The number of carbonyl (C=O) groups is 1. The summed E-state index contributed by atoms with van der Waals surface area (Å²) in [6.45, 7) is 0. The summed E-state index contributed by atoms with van der Waals surface area (Å²) in [7, 11) is 0. The van der Waals surface area contributed by atoms with Crippen molar-refractivity contribution in [3.05, 3.63) is 36.4 Å². The van der Waals surface area contributed by atoms with Crippen LogP contribution >= 0.6 is 0 Å². The van der Waals surface area contributed by atoms with Gasteiger partial charge in [0, 0.05) is 0 Å². The fourth-order valence-corrected chi connectivity index (χ4v) is 2.18. The number of ether oxygens (including phenoxy) is 2. The van der Waals surface area contributed by atoms with Crippen LogP contribution in [0.2, 0.25) is 0 Å². The van der Waals surface area contributed by atoms with Crippen LogP contribution in [0.25, 0.3) is 22.1 Å². The molecule has 0 amide bonds. The van der Waals surface area contributed by atoms with Crippen molar-refractivity contribution in [3.63, 3.8) is 0 Å². The van der Waals surface area contributed by atoms with Crippen LogP contribution in [-0.2, 0) is 0 Å². The van der Waals surface area contributed by atoms with Crippen molar-refractivity contribution in [1.29, 1.82) is 0 Å². The molecule has 0 saturated carbocycles. The fourth-order valence-electron chi connectivity index (χ4n) is 2.18. The second-order valence-electron chi connectivity index (χ2n) is 4.66. The molecule has 0 atom stereocenters. The minimum atomic E-state index is -1.05. The van der Waals surface area contributed by atoms with Gasteiger partial charge in [0.2, 0.25) is 0 Å². The maximum Gasteiger partial charge on any atom is 0.519 e. The average Bonchev–Trinajstić information content (AvgIpc) is 3.13. The molecule has 2 aromatic heterocycles. The molecule has 0 fully saturated rings. The van der Waals surface area contributed by atoms with E-state index in [4.69, 9.17) is 9.47 Å². The van der Waals surface area contributed by atoms with Crippen LogP contribution in [0.1, 0.15) is 0 Å². The number of hydrogen-bond donors (Lipinski definition) is 2. The van der Waals surface area contributed by atoms with Crippen molar-refractivity contribution < 1.29 is 24.7 Å². The number of nitrogens with zero attached hydrogens (tertiary/aromatic N) is 6. The van der Waals surface area contributed by atoms with Crippen LogP contribution < -0.4 is 9.47 Å². The highest BCUT2D eigenvalue weighted by Gasteiger charge is 2.17. The number of rotatable bonds is 2. The lowest BCUT2D eigenvalue weighted by atomic mass is 10.3. The lowest BCUT2D eigenvalue weighted by molar-refractivity contribution is 0.152. The normalized spacial score (nSPS) is 11.0. The van der Waals surface area contributed by atoms with Gasteiger partial charge < -0.3 is 19.9 Å². The second-order valence-corrected chi connectivity index (χ2v) is 4.66. The first-order chi connectivity index (χ1) is 11.6. The lowest BCUT2D eigenvalue weighted by Gasteiger charge is -2.06. The maximum atomic E-state index is 12.0. The molecule has 0 bridgehead atoms. The molecule has 2 N–H and O–H groups in total. The van der Waals surface area contributed by atoms with Crippen molar-refractivity contribution in [2.24, 2.45) is 0 Å². The van der Waals surface area contributed by atoms with Gasteiger partial charge >= 0.3 is 6.16 Å². The van der Waals surface area contributed by atoms with Gasteiger partial charge in [-0.15, -0.1) is 10.2 Å². The number of carbonyl (C=O) groups excluding carboxylic acids is 1. The van der Waals surface area contributed by atoms with Gasteiger partial charge in [0.1, 0.15) is 11.0 Å². The molecular weight excluding hydrogens is 320 g/mol. The third-order valence-corrected chi connectivity index (χ3v) is 3.23. The molecule has 0 unspecified atom stereocenters. The van der Waals surface area contributed by atoms with E-state index in [9.17, 15) is 15.2 Å². The zero-order valence-corrected chi connectivity index (χ0v) is 11.8. The van der Waals surface area contributed by atoms with E-state index < -0.39 is 6.16 Å². The first kappa shape index (κ1) is 13.8. The number of benzene rings is 2. The molecular formula is C13H8N6O5. The molecule has 4 aromatic rings. The molecule has 0 aliphatic heterocycles. The number of fused-ring (bicyclic) bond motifs is 2. The Kier molecular flexibility index (Phi) is 2.91. The summed E-state index contributed by atoms with van der Waals surface area (Å²) in [5, 5.41) is 33.2. The summed E-state index contributed by atoms with van der Waals surface area (Å²) in [6, 6.07) is 9.16. The third-order valence-electron chi connectivity index (χ3n) is 3.23. The van der Waals surface area contributed by atoms with Crippen LogP contribution in [-0.4, -0.2) is 46.9 Å². The molecule has 0 aliphatic carbocycles. The van der Waals surface area contributed by atoms with Crippen LogP contribution in [0, 0.1) is 0 Å². The molecule has 4 rings (SSSR count). The van der Waals surface area contributed by atoms with Gasteiger partial charge in [-0.1, -0.05) is 21.8 Å². The lowest BCUT2D eigenvalue weighted by Crippen LogP contribution is -2.14. The van der Waals surface area contributed by atoms with E-state index in [1.807, 2.05) is 0 Å². The Labute approximate surface area is 132 Å². The second kappa shape index (κ2) is 5.08. The minimum absolute atomic E-state index is 0.0655. The Hall–Kier alpha value is -3.89. The zero-order valence-electron chi connectivity index (χ0n) is 11.8.